The van der Waals surface area contributed by atoms with E-state index < -0.39 is 0 Å². The van der Waals surface area contributed by atoms with Crippen LogP contribution >= 0.6 is 0 Å². The highest BCUT2D eigenvalue weighted by Gasteiger charge is 2.30. The number of fused-ring (bicyclic) bond motifs is 1. The largest absolute Gasteiger partial charge is 0.496 e. The van der Waals surface area contributed by atoms with E-state index in [0.717, 1.165) is 28.7 Å². The van der Waals surface area contributed by atoms with Crippen molar-refractivity contribution in [3.8, 4) is 5.75 Å². The second-order valence-corrected chi connectivity index (χ2v) is 6.35. The number of hydrogen-bond acceptors (Lipinski definition) is 5. The van der Waals surface area contributed by atoms with Gasteiger partial charge in [0.15, 0.2) is 0 Å². The van der Waals surface area contributed by atoms with Gasteiger partial charge in [-0.2, -0.15) is 0 Å². The molecule has 0 spiro atoms. The Kier molecular flexibility index (Phi) is 4.52. The fraction of sp³-hybridized carbons (Fsp3) is 0.368. The minimum absolute atomic E-state index is 0.00733. The summed E-state index contributed by atoms with van der Waals surface area (Å²) in [6, 6.07) is 7.69. The van der Waals surface area contributed by atoms with E-state index in [1.807, 2.05) is 36.5 Å². The number of pyridine rings is 1. The normalized spacial score (nSPS) is 22.5. The molecule has 1 aromatic carbocycles. The maximum absolute atomic E-state index is 12.3. The molecule has 6 nitrogen and oxygen atoms in total. The first kappa shape index (κ1) is 15.9. The number of nitrogens with one attached hydrogen (secondary N) is 2. The molecule has 130 valence electrons. The third-order valence-corrected chi connectivity index (χ3v) is 4.54. The Morgan fingerprint density at radius 2 is 2.32 bits per heavy atom. The summed E-state index contributed by atoms with van der Waals surface area (Å²) >= 11 is 0. The Hall–Kier alpha value is -2.60. The quantitative estimate of drug-likeness (QED) is 0.868. The summed E-state index contributed by atoms with van der Waals surface area (Å²) in [5.74, 6) is 1.66. The standard InChI is InChI=1S/C19H21N3O3/c23-19(22-11-16-2-1-7-24-16)18-9-17(12-21-18)25-15-4-3-14-10-20-6-5-13(14)8-15/h2-6,8,10,17-18,21H,1,7,9,11-12H2,(H,22,23)/t17-,18+/m1/s1. The molecule has 2 atom stereocenters. The fourth-order valence-electron chi connectivity index (χ4n) is 3.21. The predicted octanol–water partition coefficient (Wildman–Crippen LogP) is 1.76. The van der Waals surface area contributed by atoms with Crippen molar-refractivity contribution in [1.82, 2.24) is 15.6 Å². The lowest BCUT2D eigenvalue weighted by Gasteiger charge is -2.14. The van der Waals surface area contributed by atoms with E-state index in [1.165, 1.54) is 0 Å². The van der Waals surface area contributed by atoms with Gasteiger partial charge in [0.05, 0.1) is 19.2 Å². The molecule has 6 heteroatoms. The number of hydrogen-bond donors (Lipinski definition) is 2. The van der Waals surface area contributed by atoms with Gasteiger partial charge in [0.2, 0.25) is 5.91 Å². The average Bonchev–Trinajstić information content (AvgIpc) is 3.31. The SMILES string of the molecule is O=C(NCC1=CCCO1)[C@@H]1C[C@@H](Oc2ccc3cnccc3c2)CN1. The maximum Gasteiger partial charge on any atom is 0.237 e. The van der Waals surface area contributed by atoms with Crippen molar-refractivity contribution in [3.63, 3.8) is 0 Å². The van der Waals surface area contributed by atoms with Gasteiger partial charge in [-0.05, 0) is 35.7 Å². The first-order valence-electron chi connectivity index (χ1n) is 8.61. The monoisotopic (exact) mass is 339 g/mol. The van der Waals surface area contributed by atoms with Crippen LogP contribution < -0.4 is 15.4 Å². The van der Waals surface area contributed by atoms with E-state index >= 15 is 0 Å². The Bertz CT molecular complexity index is 805. The van der Waals surface area contributed by atoms with E-state index in [1.54, 1.807) is 6.20 Å². The van der Waals surface area contributed by atoms with Crippen LogP contribution in [0, 0.1) is 0 Å². The van der Waals surface area contributed by atoms with Gasteiger partial charge in [0.25, 0.3) is 0 Å². The topological polar surface area (TPSA) is 72.5 Å². The molecule has 2 aromatic rings. The molecule has 0 unspecified atom stereocenters. The van der Waals surface area contributed by atoms with Crippen molar-refractivity contribution in [3.05, 3.63) is 48.5 Å². The van der Waals surface area contributed by atoms with Crippen LogP contribution in [0.4, 0.5) is 0 Å². The average molecular weight is 339 g/mol. The van der Waals surface area contributed by atoms with Gasteiger partial charge in [-0.3, -0.25) is 9.78 Å². The number of nitrogens with zero attached hydrogens (tertiary/aromatic N) is 1. The summed E-state index contributed by atoms with van der Waals surface area (Å²) in [7, 11) is 0. The van der Waals surface area contributed by atoms with Gasteiger partial charge in [-0.25, -0.2) is 0 Å². The Labute approximate surface area is 146 Å². The van der Waals surface area contributed by atoms with Crippen LogP contribution in [0.5, 0.6) is 5.75 Å². The number of ether oxygens (including phenoxy) is 2. The van der Waals surface area contributed by atoms with Crippen LogP contribution in [0.3, 0.4) is 0 Å². The van der Waals surface area contributed by atoms with Crippen LogP contribution in [0.2, 0.25) is 0 Å². The Morgan fingerprint density at radius 3 is 3.20 bits per heavy atom. The number of carbonyl (C=O) groups excluding carboxylic acids is 1. The maximum atomic E-state index is 12.3. The molecule has 25 heavy (non-hydrogen) atoms. The molecule has 2 aliphatic rings. The number of aromatic nitrogens is 1. The zero-order chi connectivity index (χ0) is 17.1. The number of carbonyl (C=O) groups is 1. The third-order valence-electron chi connectivity index (χ3n) is 4.54. The van der Waals surface area contributed by atoms with Crippen molar-refractivity contribution in [1.29, 1.82) is 0 Å². The fourth-order valence-corrected chi connectivity index (χ4v) is 3.21. The molecule has 3 heterocycles. The lowest BCUT2D eigenvalue weighted by molar-refractivity contribution is -0.122. The molecule has 1 fully saturated rings. The van der Waals surface area contributed by atoms with E-state index in [9.17, 15) is 4.79 Å². The molecule has 0 bridgehead atoms. The second-order valence-electron chi connectivity index (χ2n) is 6.35. The zero-order valence-electron chi connectivity index (χ0n) is 13.9. The molecular weight excluding hydrogens is 318 g/mol. The minimum atomic E-state index is -0.225. The van der Waals surface area contributed by atoms with Gasteiger partial charge in [0, 0.05) is 37.2 Å². The van der Waals surface area contributed by atoms with E-state index in [0.29, 0.717) is 26.1 Å². The Balaban J connectivity index is 1.31. The third kappa shape index (κ3) is 3.74. The number of rotatable bonds is 5. The van der Waals surface area contributed by atoms with Crippen LogP contribution in [-0.2, 0) is 9.53 Å². The van der Waals surface area contributed by atoms with E-state index in [2.05, 4.69) is 15.6 Å². The van der Waals surface area contributed by atoms with Crippen molar-refractivity contribution in [2.45, 2.75) is 25.0 Å². The summed E-state index contributed by atoms with van der Waals surface area (Å²) in [4.78, 5) is 16.4. The number of benzene rings is 1. The molecule has 0 saturated carbocycles. The van der Waals surface area contributed by atoms with Crippen molar-refractivity contribution >= 4 is 16.7 Å². The summed E-state index contributed by atoms with van der Waals surface area (Å²) < 4.78 is 11.4. The molecule has 2 N–H and O–H groups in total. The van der Waals surface area contributed by atoms with Gasteiger partial charge in [0.1, 0.15) is 17.6 Å². The highest BCUT2D eigenvalue weighted by molar-refractivity contribution is 5.83. The summed E-state index contributed by atoms with van der Waals surface area (Å²) in [5.41, 5.74) is 0. The van der Waals surface area contributed by atoms with Crippen LogP contribution in [0.25, 0.3) is 10.8 Å². The van der Waals surface area contributed by atoms with Gasteiger partial charge in [-0.1, -0.05) is 0 Å². The highest BCUT2D eigenvalue weighted by Crippen LogP contribution is 2.22. The van der Waals surface area contributed by atoms with Crippen molar-refractivity contribution in [2.24, 2.45) is 0 Å². The van der Waals surface area contributed by atoms with Crippen LogP contribution in [-0.4, -0.2) is 42.7 Å². The van der Waals surface area contributed by atoms with Crippen molar-refractivity contribution in [2.75, 3.05) is 19.7 Å². The molecule has 0 aliphatic carbocycles. The van der Waals surface area contributed by atoms with Crippen LogP contribution in [0.1, 0.15) is 12.8 Å². The molecule has 0 radical (unpaired) electrons. The van der Waals surface area contributed by atoms with E-state index in [-0.39, 0.29) is 18.1 Å². The van der Waals surface area contributed by atoms with Crippen LogP contribution in [0.15, 0.2) is 48.5 Å². The summed E-state index contributed by atoms with van der Waals surface area (Å²) in [6.45, 7) is 1.83. The molecule has 1 aromatic heterocycles. The predicted molar refractivity (Wildman–Crippen MR) is 94.2 cm³/mol. The smallest absolute Gasteiger partial charge is 0.237 e. The molecule has 4 rings (SSSR count). The molecule has 2 aliphatic heterocycles. The van der Waals surface area contributed by atoms with Gasteiger partial charge < -0.3 is 20.1 Å². The Morgan fingerprint density at radius 1 is 1.36 bits per heavy atom. The molecular formula is C19H21N3O3. The minimum Gasteiger partial charge on any atom is -0.496 e. The zero-order valence-corrected chi connectivity index (χ0v) is 13.9. The second kappa shape index (κ2) is 7.11. The lowest BCUT2D eigenvalue weighted by atomic mass is 10.1. The van der Waals surface area contributed by atoms with Gasteiger partial charge in [-0.15, -0.1) is 0 Å². The summed E-state index contributed by atoms with van der Waals surface area (Å²) in [6.07, 6.45) is 7.18. The molecule has 1 amide bonds. The highest BCUT2D eigenvalue weighted by atomic mass is 16.5. The van der Waals surface area contributed by atoms with Gasteiger partial charge >= 0.3 is 0 Å². The first-order chi connectivity index (χ1) is 12.3. The molecule has 1 saturated heterocycles. The first-order valence-corrected chi connectivity index (χ1v) is 8.61. The van der Waals surface area contributed by atoms with Crippen molar-refractivity contribution < 1.29 is 14.3 Å². The summed E-state index contributed by atoms with van der Waals surface area (Å²) in [5, 5.41) is 8.33. The lowest BCUT2D eigenvalue weighted by Crippen LogP contribution is -2.41. The van der Waals surface area contributed by atoms with E-state index in [4.69, 9.17) is 9.47 Å². The number of amides is 1.